The second-order valence-electron chi connectivity index (χ2n) is 5.93. The maximum Gasteiger partial charge on any atom is 0.156 e. The Morgan fingerprint density at radius 2 is 1.94 bits per heavy atom. The molecule has 0 unspecified atom stereocenters. The fraction of sp³-hybridized carbons (Fsp3) is 0.625. The highest BCUT2D eigenvalue weighted by atomic mass is 16.1. The molecule has 0 fully saturated rings. The van der Waals surface area contributed by atoms with E-state index >= 15 is 0 Å². The van der Waals surface area contributed by atoms with Gasteiger partial charge in [0.2, 0.25) is 0 Å². The average molecular weight is 248 g/mol. The van der Waals surface area contributed by atoms with E-state index in [1.807, 2.05) is 6.08 Å². The van der Waals surface area contributed by atoms with Crippen molar-refractivity contribution in [2.45, 2.75) is 59.8 Å². The molecular formula is C16H24O2. The number of carbonyl (C=O) groups is 2. The van der Waals surface area contributed by atoms with Crippen LogP contribution < -0.4 is 0 Å². The van der Waals surface area contributed by atoms with Crippen molar-refractivity contribution in [1.29, 1.82) is 0 Å². The third kappa shape index (κ3) is 4.25. The van der Waals surface area contributed by atoms with Gasteiger partial charge in [0, 0.05) is 12.8 Å². The lowest BCUT2D eigenvalue weighted by molar-refractivity contribution is -0.120. The first kappa shape index (κ1) is 14.9. The van der Waals surface area contributed by atoms with E-state index < -0.39 is 0 Å². The van der Waals surface area contributed by atoms with Crippen molar-refractivity contribution in [2.75, 3.05) is 0 Å². The maximum absolute atomic E-state index is 11.6. The molecule has 0 heterocycles. The van der Waals surface area contributed by atoms with E-state index in [2.05, 4.69) is 20.8 Å². The molecule has 0 saturated heterocycles. The molecule has 0 spiro atoms. The molecule has 0 radical (unpaired) electrons. The number of rotatable bonds is 5. The number of carbonyl (C=O) groups excluding carboxylic acids is 2. The Bertz CT molecular complexity index is 397. The fourth-order valence-electron chi connectivity index (χ4n) is 2.57. The van der Waals surface area contributed by atoms with E-state index in [1.165, 1.54) is 30.9 Å². The zero-order valence-electron chi connectivity index (χ0n) is 12.0. The number of hydrogen-bond donors (Lipinski definition) is 0. The van der Waals surface area contributed by atoms with Crippen LogP contribution in [0.5, 0.6) is 0 Å². The zero-order valence-corrected chi connectivity index (χ0v) is 12.0. The van der Waals surface area contributed by atoms with E-state index in [-0.39, 0.29) is 17.0 Å². The van der Waals surface area contributed by atoms with Crippen molar-refractivity contribution < 1.29 is 9.59 Å². The molecular weight excluding hydrogens is 224 g/mol. The van der Waals surface area contributed by atoms with Crippen LogP contribution in [0.3, 0.4) is 0 Å². The van der Waals surface area contributed by atoms with Gasteiger partial charge in [0.05, 0.1) is 0 Å². The first-order valence-corrected chi connectivity index (χ1v) is 6.73. The molecule has 2 nitrogen and oxygen atoms in total. The van der Waals surface area contributed by atoms with Crippen LogP contribution in [0.1, 0.15) is 59.8 Å². The highest BCUT2D eigenvalue weighted by molar-refractivity contribution is 5.92. The molecule has 0 amide bonds. The van der Waals surface area contributed by atoms with E-state index in [4.69, 9.17) is 0 Å². The predicted octanol–water partition coefficient (Wildman–Crippen LogP) is 4.01. The average Bonchev–Trinajstić information content (AvgIpc) is 2.24. The topological polar surface area (TPSA) is 34.1 Å². The second-order valence-corrected chi connectivity index (χ2v) is 5.93. The van der Waals surface area contributed by atoms with Crippen LogP contribution in [0, 0.1) is 5.41 Å². The van der Waals surface area contributed by atoms with Crippen LogP contribution in [0.2, 0.25) is 0 Å². The summed E-state index contributed by atoms with van der Waals surface area (Å²) in [6.07, 6.45) is 7.83. The number of allylic oxidation sites excluding steroid dienone is 4. The van der Waals surface area contributed by atoms with Crippen molar-refractivity contribution in [3.63, 3.8) is 0 Å². The molecule has 1 rings (SSSR count). The van der Waals surface area contributed by atoms with Crippen LogP contribution in [0.25, 0.3) is 0 Å². The lowest BCUT2D eigenvalue weighted by Crippen LogP contribution is -2.19. The molecule has 0 bridgehead atoms. The summed E-state index contributed by atoms with van der Waals surface area (Å²) in [6.45, 7) is 8.14. The quantitative estimate of drug-likeness (QED) is 0.689. The van der Waals surface area contributed by atoms with Crippen LogP contribution >= 0.6 is 0 Å². The van der Waals surface area contributed by atoms with E-state index in [9.17, 15) is 9.59 Å². The van der Waals surface area contributed by atoms with Crippen LogP contribution in [-0.2, 0) is 9.59 Å². The van der Waals surface area contributed by atoms with Gasteiger partial charge in [-0.05, 0) is 50.2 Å². The summed E-state index contributed by atoms with van der Waals surface area (Å²) in [6, 6.07) is 0. The van der Waals surface area contributed by atoms with Gasteiger partial charge in [-0.15, -0.1) is 0 Å². The predicted molar refractivity (Wildman–Crippen MR) is 74.4 cm³/mol. The molecule has 2 heteroatoms. The zero-order chi connectivity index (χ0) is 13.8. The van der Waals surface area contributed by atoms with Gasteiger partial charge in [0.15, 0.2) is 5.78 Å². The molecule has 0 aromatic heterocycles. The summed E-state index contributed by atoms with van der Waals surface area (Å²) in [5.74, 6) is 0.122. The molecule has 0 aliphatic heterocycles. The Labute approximate surface area is 110 Å². The summed E-state index contributed by atoms with van der Waals surface area (Å²) >= 11 is 0. The Morgan fingerprint density at radius 3 is 2.50 bits per heavy atom. The summed E-state index contributed by atoms with van der Waals surface area (Å²) in [5.41, 5.74) is 2.85. The highest BCUT2D eigenvalue weighted by Gasteiger charge is 2.26. The smallest absolute Gasteiger partial charge is 0.156 e. The van der Waals surface area contributed by atoms with E-state index in [0.29, 0.717) is 12.8 Å². The summed E-state index contributed by atoms with van der Waals surface area (Å²) in [4.78, 5) is 22.5. The molecule has 0 aromatic carbocycles. The number of Topliss-reactive ketones (excluding diaryl/α,β-unsaturated/α-hetero) is 1. The van der Waals surface area contributed by atoms with E-state index in [0.717, 1.165) is 6.42 Å². The summed E-state index contributed by atoms with van der Waals surface area (Å²) in [5, 5.41) is 0. The van der Waals surface area contributed by atoms with Crippen LogP contribution in [0.4, 0.5) is 0 Å². The van der Waals surface area contributed by atoms with Gasteiger partial charge in [0.1, 0.15) is 5.78 Å². The SMILES string of the molecule is CC(=O)CCC(=O)C=CC1=C(C)CCCC1(C)C. The van der Waals surface area contributed by atoms with Gasteiger partial charge in [0.25, 0.3) is 0 Å². The Hall–Kier alpha value is -1.18. The fourth-order valence-corrected chi connectivity index (χ4v) is 2.57. The molecule has 1 aliphatic carbocycles. The lowest BCUT2D eigenvalue weighted by atomic mass is 9.72. The van der Waals surface area contributed by atoms with Gasteiger partial charge < -0.3 is 4.79 Å². The Kier molecular flexibility index (Phi) is 5.06. The summed E-state index contributed by atoms with van der Waals surface area (Å²) in [7, 11) is 0. The van der Waals surface area contributed by atoms with Crippen molar-refractivity contribution >= 4 is 11.6 Å². The first-order chi connectivity index (χ1) is 8.33. The molecule has 0 atom stereocenters. The maximum atomic E-state index is 11.6. The minimum absolute atomic E-state index is 0.0480. The largest absolute Gasteiger partial charge is 0.300 e. The highest BCUT2D eigenvalue weighted by Crippen LogP contribution is 2.40. The monoisotopic (exact) mass is 248 g/mol. The Morgan fingerprint density at radius 1 is 1.28 bits per heavy atom. The second kappa shape index (κ2) is 6.12. The standard InChI is InChI=1S/C16H24O2/c1-12-6-5-11-16(3,4)15(12)10-9-14(18)8-7-13(2)17/h9-10H,5-8,11H2,1-4H3. The van der Waals surface area contributed by atoms with Crippen LogP contribution in [0.15, 0.2) is 23.3 Å². The number of ketones is 2. The van der Waals surface area contributed by atoms with Crippen molar-refractivity contribution in [3.05, 3.63) is 23.3 Å². The first-order valence-electron chi connectivity index (χ1n) is 6.73. The minimum atomic E-state index is 0.0480. The molecule has 1 aliphatic rings. The van der Waals surface area contributed by atoms with E-state index in [1.54, 1.807) is 6.08 Å². The van der Waals surface area contributed by atoms with Gasteiger partial charge >= 0.3 is 0 Å². The third-order valence-electron chi connectivity index (χ3n) is 3.70. The van der Waals surface area contributed by atoms with Crippen molar-refractivity contribution in [2.24, 2.45) is 5.41 Å². The normalized spacial score (nSPS) is 19.3. The van der Waals surface area contributed by atoms with Gasteiger partial charge in [-0.2, -0.15) is 0 Å². The minimum Gasteiger partial charge on any atom is -0.300 e. The lowest BCUT2D eigenvalue weighted by Gasteiger charge is -2.32. The molecule has 18 heavy (non-hydrogen) atoms. The van der Waals surface area contributed by atoms with Crippen molar-refractivity contribution in [3.8, 4) is 0 Å². The Balaban J connectivity index is 2.70. The van der Waals surface area contributed by atoms with Gasteiger partial charge in [-0.25, -0.2) is 0 Å². The van der Waals surface area contributed by atoms with Gasteiger partial charge in [-0.3, -0.25) is 4.79 Å². The van der Waals surface area contributed by atoms with Crippen LogP contribution in [-0.4, -0.2) is 11.6 Å². The summed E-state index contributed by atoms with van der Waals surface area (Å²) < 4.78 is 0. The number of hydrogen-bond acceptors (Lipinski definition) is 2. The van der Waals surface area contributed by atoms with Gasteiger partial charge in [-0.1, -0.05) is 25.5 Å². The van der Waals surface area contributed by atoms with Crippen molar-refractivity contribution in [1.82, 2.24) is 0 Å². The third-order valence-corrected chi connectivity index (χ3v) is 3.70. The molecule has 0 aromatic rings. The molecule has 100 valence electrons. The molecule has 0 saturated carbocycles. The molecule has 0 N–H and O–H groups in total.